The highest BCUT2D eigenvalue weighted by atomic mass is 16.6. The molecule has 0 aliphatic carbocycles. The van der Waals surface area contributed by atoms with Crippen LogP contribution in [0.1, 0.15) is 49.5 Å². The van der Waals surface area contributed by atoms with Crippen molar-refractivity contribution in [3.8, 4) is 11.4 Å². The molecular weight excluding hydrogens is 540 g/mol. The van der Waals surface area contributed by atoms with Gasteiger partial charge < -0.3 is 10.1 Å². The number of rotatable bonds is 9. The number of anilines is 1. The van der Waals surface area contributed by atoms with Gasteiger partial charge in [-0.15, -0.1) is 0 Å². The first kappa shape index (κ1) is 27.6. The average molecular weight is 565 g/mol. The zero-order valence-electron chi connectivity index (χ0n) is 22.6. The molecule has 1 N–H and O–H groups in total. The smallest absolute Gasteiger partial charge is 0.359 e. The van der Waals surface area contributed by atoms with E-state index in [1.165, 1.54) is 39.8 Å². The number of non-ortho nitro benzene ring substituents is 1. The fraction of sp³-hybridized carbons (Fsp3) is 0.100. The van der Waals surface area contributed by atoms with Crippen LogP contribution in [0.15, 0.2) is 91.1 Å². The quantitative estimate of drug-likeness (QED) is 0.114. The topological polar surface area (TPSA) is 151 Å². The number of carbonyl (C=O) groups is 3. The van der Waals surface area contributed by atoms with Crippen molar-refractivity contribution in [2.24, 2.45) is 0 Å². The highest BCUT2D eigenvalue weighted by Crippen LogP contribution is 2.26. The Hall–Kier alpha value is -5.91. The third kappa shape index (κ3) is 5.41. The standard InChI is InChI=1S/C30H24N6O6/c1-3-42-30(39)26-24(18-34(32-26)21-14-16-23(17-15-21)36(40)41)28(37)25-19(2)35(22-12-8-5-9-13-22)33-27(25)29(38)31-20-10-6-4-7-11-20/h4-18H,3H2,1-2H3,(H,31,38). The first-order chi connectivity index (χ1) is 20.3. The van der Waals surface area contributed by atoms with Gasteiger partial charge in [-0.3, -0.25) is 19.7 Å². The molecule has 210 valence electrons. The van der Waals surface area contributed by atoms with E-state index < -0.39 is 22.6 Å². The van der Waals surface area contributed by atoms with Crippen LogP contribution in [0.4, 0.5) is 11.4 Å². The Labute approximate surface area is 239 Å². The molecule has 0 saturated carbocycles. The number of benzene rings is 3. The van der Waals surface area contributed by atoms with E-state index in [9.17, 15) is 24.5 Å². The van der Waals surface area contributed by atoms with Crippen LogP contribution < -0.4 is 5.32 Å². The van der Waals surface area contributed by atoms with Crippen LogP contribution in [-0.4, -0.2) is 48.8 Å². The Morgan fingerprint density at radius 2 is 1.52 bits per heavy atom. The molecule has 5 aromatic rings. The second-order valence-corrected chi connectivity index (χ2v) is 9.04. The van der Waals surface area contributed by atoms with Crippen molar-refractivity contribution in [3.05, 3.63) is 129 Å². The molecule has 0 saturated heterocycles. The fourth-order valence-electron chi connectivity index (χ4n) is 4.35. The van der Waals surface area contributed by atoms with Gasteiger partial charge in [0.1, 0.15) is 0 Å². The summed E-state index contributed by atoms with van der Waals surface area (Å²) in [6.07, 6.45) is 1.33. The minimum absolute atomic E-state index is 0.0268. The summed E-state index contributed by atoms with van der Waals surface area (Å²) in [6, 6.07) is 23.1. The summed E-state index contributed by atoms with van der Waals surface area (Å²) in [5, 5.41) is 22.6. The highest BCUT2D eigenvalue weighted by molar-refractivity contribution is 6.20. The molecule has 0 radical (unpaired) electrons. The van der Waals surface area contributed by atoms with Gasteiger partial charge in [-0.2, -0.15) is 10.2 Å². The summed E-state index contributed by atoms with van der Waals surface area (Å²) >= 11 is 0. The zero-order chi connectivity index (χ0) is 29.8. The maximum atomic E-state index is 14.2. The van der Waals surface area contributed by atoms with E-state index in [0.29, 0.717) is 22.8 Å². The summed E-state index contributed by atoms with van der Waals surface area (Å²) in [5.74, 6) is -2.14. The zero-order valence-corrected chi connectivity index (χ0v) is 22.6. The number of amides is 1. The Morgan fingerprint density at radius 3 is 2.14 bits per heavy atom. The number of hydrogen-bond acceptors (Lipinski definition) is 8. The number of nitro benzene ring substituents is 1. The fourth-order valence-corrected chi connectivity index (χ4v) is 4.35. The van der Waals surface area contributed by atoms with Crippen molar-refractivity contribution in [2.75, 3.05) is 11.9 Å². The van der Waals surface area contributed by atoms with Crippen molar-refractivity contribution in [1.29, 1.82) is 0 Å². The van der Waals surface area contributed by atoms with Crippen LogP contribution in [0, 0.1) is 17.0 Å². The predicted molar refractivity (Wildman–Crippen MR) is 152 cm³/mol. The molecule has 42 heavy (non-hydrogen) atoms. The normalized spacial score (nSPS) is 10.7. The maximum absolute atomic E-state index is 14.2. The van der Waals surface area contributed by atoms with Crippen LogP contribution in [0.3, 0.4) is 0 Å². The van der Waals surface area contributed by atoms with Gasteiger partial charge in [0, 0.05) is 24.0 Å². The number of nitro groups is 1. The lowest BCUT2D eigenvalue weighted by Crippen LogP contribution is -2.18. The van der Waals surface area contributed by atoms with Gasteiger partial charge in [0.2, 0.25) is 5.78 Å². The van der Waals surface area contributed by atoms with E-state index in [1.54, 1.807) is 68.4 Å². The highest BCUT2D eigenvalue weighted by Gasteiger charge is 2.32. The molecule has 1 amide bonds. The summed E-state index contributed by atoms with van der Waals surface area (Å²) in [5.41, 5.74) is 1.14. The molecule has 3 aromatic carbocycles. The Morgan fingerprint density at radius 1 is 0.881 bits per heavy atom. The average Bonchev–Trinajstić information content (AvgIpc) is 3.60. The van der Waals surface area contributed by atoms with Gasteiger partial charge in [0.25, 0.3) is 11.6 Å². The molecule has 0 aliphatic heterocycles. The Kier molecular flexibility index (Phi) is 7.69. The van der Waals surface area contributed by atoms with Crippen molar-refractivity contribution in [2.45, 2.75) is 13.8 Å². The number of ether oxygens (including phenoxy) is 1. The molecular formula is C30H24N6O6. The van der Waals surface area contributed by atoms with E-state index in [1.807, 2.05) is 6.07 Å². The molecule has 0 aliphatic rings. The SMILES string of the molecule is CCOC(=O)c1nn(-c2ccc([N+](=O)[O-])cc2)cc1C(=O)c1c(C(=O)Nc2ccccc2)nn(-c2ccccc2)c1C. The van der Waals surface area contributed by atoms with Crippen LogP contribution >= 0.6 is 0 Å². The van der Waals surface area contributed by atoms with Gasteiger partial charge in [0.15, 0.2) is 11.4 Å². The number of aromatic nitrogens is 4. The molecule has 2 heterocycles. The molecule has 0 spiro atoms. The van der Waals surface area contributed by atoms with Crippen molar-refractivity contribution >= 4 is 29.0 Å². The minimum atomic E-state index is -0.843. The van der Waals surface area contributed by atoms with Crippen LogP contribution in [0.5, 0.6) is 0 Å². The van der Waals surface area contributed by atoms with Gasteiger partial charge in [-0.05, 0) is 50.2 Å². The lowest BCUT2D eigenvalue weighted by atomic mass is 10.0. The Balaban J connectivity index is 1.64. The molecule has 0 unspecified atom stereocenters. The molecule has 0 bridgehead atoms. The molecule has 12 heteroatoms. The summed E-state index contributed by atoms with van der Waals surface area (Å²) in [4.78, 5) is 51.2. The van der Waals surface area contributed by atoms with Gasteiger partial charge in [-0.25, -0.2) is 14.2 Å². The number of nitrogens with one attached hydrogen (secondary N) is 1. The first-order valence-corrected chi connectivity index (χ1v) is 12.9. The summed E-state index contributed by atoms with van der Waals surface area (Å²) < 4.78 is 7.90. The maximum Gasteiger partial charge on any atom is 0.359 e. The molecule has 12 nitrogen and oxygen atoms in total. The largest absolute Gasteiger partial charge is 0.461 e. The predicted octanol–water partition coefficient (Wildman–Crippen LogP) is 4.93. The first-order valence-electron chi connectivity index (χ1n) is 12.9. The van der Waals surface area contributed by atoms with Crippen molar-refractivity contribution in [1.82, 2.24) is 19.6 Å². The van der Waals surface area contributed by atoms with Gasteiger partial charge in [0.05, 0.1) is 39.7 Å². The van der Waals surface area contributed by atoms with E-state index in [0.717, 1.165) is 0 Å². The molecule has 2 aromatic heterocycles. The van der Waals surface area contributed by atoms with Crippen molar-refractivity contribution in [3.63, 3.8) is 0 Å². The number of nitrogens with zero attached hydrogens (tertiary/aromatic N) is 5. The third-order valence-corrected chi connectivity index (χ3v) is 6.34. The van der Waals surface area contributed by atoms with E-state index in [-0.39, 0.29) is 34.8 Å². The van der Waals surface area contributed by atoms with E-state index >= 15 is 0 Å². The Bertz CT molecular complexity index is 1790. The second-order valence-electron chi connectivity index (χ2n) is 9.04. The summed E-state index contributed by atoms with van der Waals surface area (Å²) in [7, 11) is 0. The number of esters is 1. The second kappa shape index (κ2) is 11.7. The van der Waals surface area contributed by atoms with Gasteiger partial charge in [-0.1, -0.05) is 36.4 Å². The summed E-state index contributed by atoms with van der Waals surface area (Å²) in [6.45, 7) is 3.30. The molecule has 5 rings (SSSR count). The van der Waals surface area contributed by atoms with Crippen LogP contribution in [0.2, 0.25) is 0 Å². The molecule has 0 fully saturated rings. The molecule has 0 atom stereocenters. The van der Waals surface area contributed by atoms with Crippen molar-refractivity contribution < 1.29 is 24.0 Å². The number of ketones is 1. The minimum Gasteiger partial charge on any atom is -0.461 e. The van der Waals surface area contributed by atoms with E-state index in [2.05, 4.69) is 15.5 Å². The van der Waals surface area contributed by atoms with Gasteiger partial charge >= 0.3 is 5.97 Å². The third-order valence-electron chi connectivity index (χ3n) is 6.34. The monoisotopic (exact) mass is 564 g/mol. The number of para-hydroxylation sites is 2. The number of carbonyl (C=O) groups excluding carboxylic acids is 3. The van der Waals surface area contributed by atoms with Crippen LogP contribution in [0.25, 0.3) is 11.4 Å². The van der Waals surface area contributed by atoms with Crippen LogP contribution in [-0.2, 0) is 4.74 Å². The van der Waals surface area contributed by atoms with E-state index in [4.69, 9.17) is 4.74 Å². The lowest BCUT2D eigenvalue weighted by Gasteiger charge is -2.06. The lowest BCUT2D eigenvalue weighted by molar-refractivity contribution is -0.384. The number of hydrogen-bond donors (Lipinski definition) is 1.